The van der Waals surface area contributed by atoms with Crippen molar-refractivity contribution in [2.75, 3.05) is 13.7 Å². The first kappa shape index (κ1) is 16.2. The molecule has 112 valence electrons. The molecule has 21 heavy (non-hydrogen) atoms. The molecule has 0 unspecified atom stereocenters. The van der Waals surface area contributed by atoms with Gasteiger partial charge in [0.15, 0.2) is 0 Å². The second-order valence-corrected chi connectivity index (χ2v) is 5.70. The Morgan fingerprint density at radius 2 is 1.81 bits per heavy atom. The van der Waals surface area contributed by atoms with E-state index in [2.05, 4.69) is 30.4 Å². The molecule has 2 rings (SSSR count). The molecule has 0 fully saturated rings. The second-order valence-electron chi connectivity index (χ2n) is 4.89. The fourth-order valence-electron chi connectivity index (χ4n) is 2.29. The van der Waals surface area contributed by atoms with Crippen molar-refractivity contribution in [2.24, 2.45) is 0 Å². The summed E-state index contributed by atoms with van der Waals surface area (Å²) in [6.45, 7) is 5.32. The summed E-state index contributed by atoms with van der Waals surface area (Å²) in [5, 5.41) is 4.40. The minimum atomic E-state index is 0.560. The van der Waals surface area contributed by atoms with Gasteiger partial charge in [-0.1, -0.05) is 47.0 Å². The minimum Gasteiger partial charge on any atom is -0.492 e. The van der Waals surface area contributed by atoms with Crippen LogP contribution in [0, 0.1) is 6.92 Å². The van der Waals surface area contributed by atoms with Crippen LogP contribution in [0.4, 0.5) is 0 Å². The molecule has 0 saturated heterocycles. The van der Waals surface area contributed by atoms with Gasteiger partial charge in [0.2, 0.25) is 0 Å². The molecule has 0 heterocycles. The van der Waals surface area contributed by atoms with Crippen molar-refractivity contribution in [1.29, 1.82) is 0 Å². The van der Waals surface area contributed by atoms with Gasteiger partial charge in [0, 0.05) is 18.2 Å². The lowest BCUT2D eigenvalue weighted by Crippen LogP contribution is -2.06. The Hall–Kier alpha value is -1.22. The highest BCUT2D eigenvalue weighted by Gasteiger charge is 2.13. The molecule has 0 aliphatic carbocycles. The van der Waals surface area contributed by atoms with Crippen molar-refractivity contribution >= 4 is 23.2 Å². The number of aryl methyl sites for hydroxylation is 1. The van der Waals surface area contributed by atoms with Crippen LogP contribution >= 0.6 is 23.2 Å². The van der Waals surface area contributed by atoms with Crippen molar-refractivity contribution < 1.29 is 4.74 Å². The van der Waals surface area contributed by atoms with E-state index < -0.39 is 0 Å². The van der Waals surface area contributed by atoms with Gasteiger partial charge in [0.1, 0.15) is 5.75 Å². The topological polar surface area (TPSA) is 21.3 Å². The first-order valence-corrected chi connectivity index (χ1v) is 7.68. The van der Waals surface area contributed by atoms with Crippen LogP contribution < -0.4 is 10.1 Å². The number of nitrogens with one attached hydrogen (secondary N) is 1. The summed E-state index contributed by atoms with van der Waals surface area (Å²) in [5.41, 5.74) is 4.40. The molecular formula is C17H19Cl2NO. The molecule has 0 aliphatic heterocycles. The van der Waals surface area contributed by atoms with Crippen molar-refractivity contribution in [2.45, 2.75) is 20.4 Å². The van der Waals surface area contributed by atoms with Gasteiger partial charge in [-0.05, 0) is 38.1 Å². The molecule has 0 spiro atoms. The highest BCUT2D eigenvalue weighted by atomic mass is 35.5. The van der Waals surface area contributed by atoms with Crippen LogP contribution in [-0.4, -0.2) is 13.7 Å². The lowest BCUT2D eigenvalue weighted by Gasteiger charge is -2.14. The minimum absolute atomic E-state index is 0.560. The molecule has 1 N–H and O–H groups in total. The zero-order valence-corrected chi connectivity index (χ0v) is 14.0. The maximum Gasteiger partial charge on any atom is 0.139 e. The van der Waals surface area contributed by atoms with Crippen LogP contribution in [0.5, 0.6) is 5.75 Å². The first-order valence-electron chi connectivity index (χ1n) is 6.93. The molecule has 0 aliphatic rings. The fraction of sp³-hybridized carbons (Fsp3) is 0.294. The molecule has 2 aromatic carbocycles. The molecule has 0 bridgehead atoms. The Bertz CT molecular complexity index is 641. The van der Waals surface area contributed by atoms with Crippen LogP contribution in [0.25, 0.3) is 11.1 Å². The van der Waals surface area contributed by atoms with E-state index >= 15 is 0 Å². The van der Waals surface area contributed by atoms with Crippen LogP contribution in [0.1, 0.15) is 18.1 Å². The molecule has 0 saturated carbocycles. The molecule has 0 aromatic heterocycles. The number of benzene rings is 2. The molecule has 0 atom stereocenters. The van der Waals surface area contributed by atoms with Crippen molar-refractivity contribution in [1.82, 2.24) is 5.32 Å². The Kier molecular flexibility index (Phi) is 5.51. The number of hydrogen-bond donors (Lipinski definition) is 1. The number of halogens is 2. The molecule has 2 nitrogen and oxygen atoms in total. The highest BCUT2D eigenvalue weighted by Crippen LogP contribution is 2.38. The summed E-state index contributed by atoms with van der Waals surface area (Å²) in [6, 6.07) is 10.0. The van der Waals surface area contributed by atoms with E-state index in [1.165, 1.54) is 11.1 Å². The van der Waals surface area contributed by atoms with Gasteiger partial charge in [-0.3, -0.25) is 0 Å². The third-order valence-electron chi connectivity index (χ3n) is 3.24. The Morgan fingerprint density at radius 3 is 2.48 bits per heavy atom. The van der Waals surface area contributed by atoms with Crippen LogP contribution in [0.15, 0.2) is 30.3 Å². The van der Waals surface area contributed by atoms with Crippen molar-refractivity contribution in [3.63, 3.8) is 0 Å². The summed E-state index contributed by atoms with van der Waals surface area (Å²) < 4.78 is 5.48. The monoisotopic (exact) mass is 323 g/mol. The third kappa shape index (κ3) is 3.70. The largest absolute Gasteiger partial charge is 0.492 e. The summed E-state index contributed by atoms with van der Waals surface area (Å²) in [4.78, 5) is 0. The van der Waals surface area contributed by atoms with E-state index in [9.17, 15) is 0 Å². The van der Waals surface area contributed by atoms with E-state index in [1.807, 2.05) is 20.0 Å². The quantitative estimate of drug-likeness (QED) is 0.827. The molecule has 2 aromatic rings. The van der Waals surface area contributed by atoms with Gasteiger partial charge in [0.25, 0.3) is 0 Å². The second kappa shape index (κ2) is 7.17. The van der Waals surface area contributed by atoms with Crippen LogP contribution in [0.3, 0.4) is 0 Å². The normalized spacial score (nSPS) is 10.7. The predicted octanol–water partition coefficient (Wildman–Crippen LogP) is 5.09. The Labute approximate surface area is 136 Å². The van der Waals surface area contributed by atoms with Gasteiger partial charge in [-0.25, -0.2) is 0 Å². The molecule has 0 amide bonds. The number of hydrogen-bond acceptors (Lipinski definition) is 2. The van der Waals surface area contributed by atoms with E-state index in [0.29, 0.717) is 22.4 Å². The smallest absolute Gasteiger partial charge is 0.139 e. The first-order chi connectivity index (χ1) is 10.1. The van der Waals surface area contributed by atoms with Gasteiger partial charge in [0.05, 0.1) is 16.7 Å². The SMILES string of the molecule is CCOc1cc(Cl)c(-c2cc(C)ccc2CNC)cc1Cl. The fourth-order valence-corrected chi connectivity index (χ4v) is 2.76. The Morgan fingerprint density at radius 1 is 1.05 bits per heavy atom. The van der Waals surface area contributed by atoms with E-state index in [-0.39, 0.29) is 0 Å². The summed E-state index contributed by atoms with van der Waals surface area (Å²) in [6.07, 6.45) is 0. The maximum absolute atomic E-state index is 6.44. The zero-order chi connectivity index (χ0) is 15.4. The van der Waals surface area contributed by atoms with Gasteiger partial charge in [-0.15, -0.1) is 0 Å². The number of rotatable bonds is 5. The molecular weight excluding hydrogens is 305 g/mol. The summed E-state index contributed by atoms with van der Waals surface area (Å²) >= 11 is 12.7. The van der Waals surface area contributed by atoms with Crippen molar-refractivity contribution in [3.8, 4) is 16.9 Å². The third-order valence-corrected chi connectivity index (χ3v) is 3.85. The average Bonchev–Trinajstić information content (AvgIpc) is 2.45. The van der Waals surface area contributed by atoms with Crippen LogP contribution in [-0.2, 0) is 6.54 Å². The van der Waals surface area contributed by atoms with Crippen LogP contribution in [0.2, 0.25) is 10.0 Å². The lowest BCUT2D eigenvalue weighted by molar-refractivity contribution is 0.340. The van der Waals surface area contributed by atoms with E-state index in [1.54, 1.807) is 6.07 Å². The Balaban J connectivity index is 2.56. The molecule has 4 heteroatoms. The van der Waals surface area contributed by atoms with E-state index in [0.717, 1.165) is 17.7 Å². The zero-order valence-electron chi connectivity index (χ0n) is 12.5. The average molecular weight is 324 g/mol. The van der Waals surface area contributed by atoms with Crippen molar-refractivity contribution in [3.05, 3.63) is 51.5 Å². The lowest BCUT2D eigenvalue weighted by atomic mass is 9.97. The van der Waals surface area contributed by atoms with Gasteiger partial charge < -0.3 is 10.1 Å². The summed E-state index contributed by atoms with van der Waals surface area (Å²) in [5.74, 6) is 0.621. The van der Waals surface area contributed by atoms with Gasteiger partial charge in [-0.2, -0.15) is 0 Å². The van der Waals surface area contributed by atoms with Gasteiger partial charge >= 0.3 is 0 Å². The van der Waals surface area contributed by atoms with E-state index in [4.69, 9.17) is 27.9 Å². The summed E-state index contributed by atoms with van der Waals surface area (Å²) in [7, 11) is 1.93. The highest BCUT2D eigenvalue weighted by molar-refractivity contribution is 6.36. The predicted molar refractivity (Wildman–Crippen MR) is 90.6 cm³/mol. The number of ether oxygens (including phenoxy) is 1. The standard InChI is InChI=1S/C17H19Cl2NO/c1-4-21-17-9-15(18)14(8-16(17)19)13-7-11(2)5-6-12(13)10-20-3/h5-9,20H,4,10H2,1-3H3. The molecule has 0 radical (unpaired) electrons. The maximum atomic E-state index is 6.44.